The zero-order valence-electron chi connectivity index (χ0n) is 12.2. The first-order valence-corrected chi connectivity index (χ1v) is 6.66. The number of tetrazole rings is 1. The zero-order chi connectivity index (χ0) is 16.1. The summed E-state index contributed by atoms with van der Waals surface area (Å²) in [6.45, 7) is 3.31. The number of halogens is 1. The van der Waals surface area contributed by atoms with Crippen molar-refractivity contribution in [2.24, 2.45) is 0 Å². The summed E-state index contributed by atoms with van der Waals surface area (Å²) in [5.41, 5.74) is 0.799. The topological polar surface area (TPSA) is 92.9 Å². The molecule has 1 heterocycles. The van der Waals surface area contributed by atoms with Crippen LogP contribution in [0.4, 0.5) is 4.39 Å². The number of carbonyl (C=O) groups excluding carboxylic acids is 1. The number of nitrogens with one attached hydrogen (secondary N) is 1. The van der Waals surface area contributed by atoms with Crippen LogP contribution < -0.4 is 5.32 Å². The monoisotopic (exact) mass is 305 g/mol. The van der Waals surface area contributed by atoms with E-state index < -0.39 is 12.0 Å². The van der Waals surface area contributed by atoms with E-state index in [-0.39, 0.29) is 18.1 Å². The Hall–Kier alpha value is -2.61. The summed E-state index contributed by atoms with van der Waals surface area (Å²) < 4.78 is 14.2. The van der Waals surface area contributed by atoms with E-state index in [0.29, 0.717) is 11.4 Å². The molecule has 1 unspecified atom stereocenters. The van der Waals surface area contributed by atoms with Crippen LogP contribution in [0, 0.1) is 12.7 Å². The average Bonchev–Trinajstić information content (AvgIpc) is 2.90. The number of aliphatic hydroxyl groups excluding tert-OH is 1. The molecule has 0 saturated carbocycles. The molecule has 2 N–H and O–H groups in total. The van der Waals surface area contributed by atoms with Crippen molar-refractivity contribution in [3.05, 3.63) is 41.5 Å². The van der Waals surface area contributed by atoms with E-state index in [1.54, 1.807) is 19.9 Å². The van der Waals surface area contributed by atoms with Gasteiger partial charge in [0.2, 0.25) is 0 Å². The highest BCUT2D eigenvalue weighted by molar-refractivity contribution is 6.18. The van der Waals surface area contributed by atoms with Crippen molar-refractivity contribution in [2.45, 2.75) is 20.0 Å². The number of amides is 1. The van der Waals surface area contributed by atoms with Crippen LogP contribution >= 0.6 is 0 Å². The van der Waals surface area contributed by atoms with Crippen LogP contribution in [0.2, 0.25) is 0 Å². The standard InChI is InChI=1S/C14H16FN5O2/c1-9(21)8-16-14(22)13(20-10(2)17-18-19-20)7-11-3-5-12(15)6-4-11/h3-7,9,21H,8H2,1-2H3,(H,16,22)/b13-7-. The molecule has 8 heteroatoms. The molecule has 1 aromatic carbocycles. The number of hydrogen-bond acceptors (Lipinski definition) is 5. The normalized spacial score (nSPS) is 13.0. The Balaban J connectivity index is 2.35. The van der Waals surface area contributed by atoms with E-state index in [0.717, 1.165) is 0 Å². The van der Waals surface area contributed by atoms with Crippen molar-refractivity contribution in [3.63, 3.8) is 0 Å². The van der Waals surface area contributed by atoms with E-state index in [4.69, 9.17) is 0 Å². The summed E-state index contributed by atoms with van der Waals surface area (Å²) in [5, 5.41) is 22.9. The Morgan fingerprint density at radius 1 is 1.45 bits per heavy atom. The number of rotatable bonds is 5. The first-order valence-electron chi connectivity index (χ1n) is 6.66. The third-order valence-corrected chi connectivity index (χ3v) is 2.82. The number of nitrogens with zero attached hydrogens (tertiary/aromatic N) is 4. The molecule has 2 aromatic rings. The smallest absolute Gasteiger partial charge is 0.270 e. The molecule has 0 radical (unpaired) electrons. The minimum absolute atomic E-state index is 0.0980. The van der Waals surface area contributed by atoms with Crippen molar-refractivity contribution in [3.8, 4) is 0 Å². The van der Waals surface area contributed by atoms with Crippen molar-refractivity contribution in [1.82, 2.24) is 25.5 Å². The molecule has 7 nitrogen and oxygen atoms in total. The van der Waals surface area contributed by atoms with Gasteiger partial charge in [-0.3, -0.25) is 4.79 Å². The summed E-state index contributed by atoms with van der Waals surface area (Å²) >= 11 is 0. The second kappa shape index (κ2) is 6.90. The molecule has 0 fully saturated rings. The molecule has 0 aliphatic heterocycles. The minimum atomic E-state index is -0.675. The lowest BCUT2D eigenvalue weighted by Gasteiger charge is -2.10. The molecule has 1 amide bonds. The van der Waals surface area contributed by atoms with Crippen molar-refractivity contribution in [2.75, 3.05) is 6.54 Å². The van der Waals surface area contributed by atoms with Gasteiger partial charge in [0.1, 0.15) is 11.5 Å². The highest BCUT2D eigenvalue weighted by Crippen LogP contribution is 2.13. The SMILES string of the molecule is Cc1nnnn1/C(=C\c1ccc(F)cc1)C(=O)NCC(C)O. The fraction of sp³-hybridized carbons (Fsp3) is 0.286. The fourth-order valence-corrected chi connectivity index (χ4v) is 1.73. The van der Waals surface area contributed by atoms with E-state index >= 15 is 0 Å². The fourth-order valence-electron chi connectivity index (χ4n) is 1.73. The molecular weight excluding hydrogens is 289 g/mol. The van der Waals surface area contributed by atoms with Crippen LogP contribution in [0.15, 0.2) is 24.3 Å². The van der Waals surface area contributed by atoms with Gasteiger partial charge in [0.15, 0.2) is 5.82 Å². The number of aryl methyl sites for hydroxylation is 1. The summed E-state index contributed by atoms with van der Waals surface area (Å²) in [5.74, 6) is -0.378. The van der Waals surface area contributed by atoms with Crippen molar-refractivity contribution in [1.29, 1.82) is 0 Å². The van der Waals surface area contributed by atoms with E-state index in [2.05, 4.69) is 20.8 Å². The van der Waals surface area contributed by atoms with Crippen LogP contribution in [0.1, 0.15) is 18.3 Å². The Bertz CT molecular complexity index is 679. The number of carbonyl (C=O) groups is 1. The Labute approximate surface area is 126 Å². The predicted molar refractivity (Wildman–Crippen MR) is 77.8 cm³/mol. The third-order valence-electron chi connectivity index (χ3n) is 2.82. The zero-order valence-corrected chi connectivity index (χ0v) is 12.2. The number of aliphatic hydroxyl groups is 1. The maximum atomic E-state index is 13.0. The van der Waals surface area contributed by atoms with Gasteiger partial charge in [-0.1, -0.05) is 12.1 Å². The highest BCUT2D eigenvalue weighted by atomic mass is 19.1. The Morgan fingerprint density at radius 2 is 2.14 bits per heavy atom. The molecule has 22 heavy (non-hydrogen) atoms. The van der Waals surface area contributed by atoms with Gasteiger partial charge in [-0.15, -0.1) is 5.10 Å². The molecule has 0 saturated heterocycles. The average molecular weight is 305 g/mol. The molecule has 0 aliphatic rings. The van der Waals surface area contributed by atoms with Crippen LogP contribution in [0.25, 0.3) is 11.8 Å². The van der Waals surface area contributed by atoms with Gasteiger partial charge in [0.05, 0.1) is 6.10 Å². The number of aromatic nitrogens is 4. The van der Waals surface area contributed by atoms with E-state index in [9.17, 15) is 14.3 Å². The minimum Gasteiger partial charge on any atom is -0.392 e. The van der Waals surface area contributed by atoms with Crippen LogP contribution in [0.3, 0.4) is 0 Å². The molecule has 0 bridgehead atoms. The molecule has 1 aromatic heterocycles. The summed E-state index contributed by atoms with van der Waals surface area (Å²) in [4.78, 5) is 12.3. The van der Waals surface area contributed by atoms with Crippen molar-refractivity contribution >= 4 is 17.7 Å². The summed E-state index contributed by atoms with van der Waals surface area (Å²) in [6.07, 6.45) is 0.867. The third kappa shape index (κ3) is 3.95. The lowest BCUT2D eigenvalue weighted by atomic mass is 10.2. The number of benzene rings is 1. The van der Waals surface area contributed by atoms with Crippen molar-refractivity contribution < 1.29 is 14.3 Å². The molecule has 116 valence electrons. The van der Waals surface area contributed by atoms with Gasteiger partial charge in [0, 0.05) is 6.54 Å². The maximum absolute atomic E-state index is 13.0. The first kappa shape index (κ1) is 15.8. The second-order valence-electron chi connectivity index (χ2n) is 4.78. The quantitative estimate of drug-likeness (QED) is 0.790. The molecule has 2 rings (SSSR count). The molecule has 0 aliphatic carbocycles. The summed E-state index contributed by atoms with van der Waals surface area (Å²) in [7, 11) is 0. The number of hydrogen-bond donors (Lipinski definition) is 2. The van der Waals surface area contributed by atoms with Gasteiger partial charge in [-0.25, -0.2) is 4.39 Å². The largest absolute Gasteiger partial charge is 0.392 e. The van der Waals surface area contributed by atoms with E-state index in [1.807, 2.05) is 0 Å². The van der Waals surface area contributed by atoms with Gasteiger partial charge >= 0.3 is 0 Å². The highest BCUT2D eigenvalue weighted by Gasteiger charge is 2.16. The Kier molecular flexibility index (Phi) is 4.95. The molecule has 1 atom stereocenters. The summed E-state index contributed by atoms with van der Waals surface area (Å²) in [6, 6.07) is 5.67. The molecule has 0 spiro atoms. The van der Waals surface area contributed by atoms with Crippen LogP contribution in [-0.4, -0.2) is 43.9 Å². The first-order chi connectivity index (χ1) is 10.5. The lowest BCUT2D eigenvalue weighted by molar-refractivity contribution is -0.116. The second-order valence-corrected chi connectivity index (χ2v) is 4.78. The van der Waals surface area contributed by atoms with Crippen LogP contribution in [0.5, 0.6) is 0 Å². The lowest BCUT2D eigenvalue weighted by Crippen LogP contribution is -2.33. The van der Waals surface area contributed by atoms with Gasteiger partial charge < -0.3 is 10.4 Å². The molecular formula is C14H16FN5O2. The van der Waals surface area contributed by atoms with Gasteiger partial charge in [-0.05, 0) is 48.0 Å². The predicted octanol–water partition coefficient (Wildman–Crippen LogP) is 0.616. The van der Waals surface area contributed by atoms with E-state index in [1.165, 1.54) is 28.9 Å². The van der Waals surface area contributed by atoms with Gasteiger partial charge in [-0.2, -0.15) is 4.68 Å². The van der Waals surface area contributed by atoms with Crippen LogP contribution in [-0.2, 0) is 4.79 Å². The van der Waals surface area contributed by atoms with Gasteiger partial charge in [0.25, 0.3) is 5.91 Å². The Morgan fingerprint density at radius 3 is 2.68 bits per heavy atom. The maximum Gasteiger partial charge on any atom is 0.270 e.